The van der Waals surface area contributed by atoms with E-state index in [9.17, 15) is 22.8 Å². The van der Waals surface area contributed by atoms with Gasteiger partial charge in [-0.05, 0) is 43.0 Å². The number of nitrogens with one attached hydrogen (secondary N) is 1. The van der Waals surface area contributed by atoms with Crippen LogP contribution in [0.5, 0.6) is 0 Å². The Labute approximate surface area is 158 Å². The third-order valence-electron chi connectivity index (χ3n) is 4.22. The number of alkyl halides is 3. The largest absolute Gasteiger partial charge is 0.478 e. The Hall–Kier alpha value is -2.88. The number of hydrogen-bond donors (Lipinski definition) is 2. The SMILES string of the molecule is O=C(NCCOCC1CC1)c1ccc(-n2ncc(C(=O)O)c2C(F)(F)F)cc1. The summed E-state index contributed by atoms with van der Waals surface area (Å²) in [6.45, 7) is 1.40. The average molecular weight is 397 g/mol. The normalized spacial score (nSPS) is 14.1. The van der Waals surface area contributed by atoms with Crippen molar-refractivity contribution >= 4 is 11.9 Å². The van der Waals surface area contributed by atoms with E-state index in [2.05, 4.69) is 10.4 Å². The molecule has 2 aromatic rings. The quantitative estimate of drug-likeness (QED) is 0.668. The van der Waals surface area contributed by atoms with Gasteiger partial charge in [-0.25, -0.2) is 9.48 Å². The highest BCUT2D eigenvalue weighted by Crippen LogP contribution is 2.33. The van der Waals surface area contributed by atoms with Gasteiger partial charge in [0, 0.05) is 18.7 Å². The molecular formula is C18H18F3N3O4. The fraction of sp³-hybridized carbons (Fsp3) is 0.389. The highest BCUT2D eigenvalue weighted by atomic mass is 19.4. The number of amides is 1. The molecule has 2 N–H and O–H groups in total. The summed E-state index contributed by atoms with van der Waals surface area (Å²) < 4.78 is 45.7. The van der Waals surface area contributed by atoms with Gasteiger partial charge in [-0.15, -0.1) is 0 Å². The molecule has 0 atom stereocenters. The van der Waals surface area contributed by atoms with E-state index in [-0.39, 0.29) is 17.2 Å². The first kappa shape index (κ1) is 19.9. The van der Waals surface area contributed by atoms with E-state index < -0.39 is 23.4 Å². The maximum atomic E-state index is 13.3. The van der Waals surface area contributed by atoms with Gasteiger partial charge in [0.15, 0.2) is 5.69 Å². The number of aromatic carboxylic acids is 1. The molecule has 1 aromatic carbocycles. The number of aromatic nitrogens is 2. The van der Waals surface area contributed by atoms with Crippen molar-refractivity contribution in [1.82, 2.24) is 15.1 Å². The van der Waals surface area contributed by atoms with Crippen LogP contribution in [0, 0.1) is 5.92 Å². The van der Waals surface area contributed by atoms with Crippen LogP contribution in [0.15, 0.2) is 30.5 Å². The van der Waals surface area contributed by atoms with E-state index in [1.807, 2.05) is 0 Å². The Morgan fingerprint density at radius 2 is 1.93 bits per heavy atom. The first-order chi connectivity index (χ1) is 13.3. The molecule has 1 amide bonds. The van der Waals surface area contributed by atoms with Crippen LogP contribution in [0.3, 0.4) is 0 Å². The van der Waals surface area contributed by atoms with Crippen molar-refractivity contribution in [2.75, 3.05) is 19.8 Å². The molecule has 0 aliphatic heterocycles. The van der Waals surface area contributed by atoms with E-state index in [4.69, 9.17) is 9.84 Å². The van der Waals surface area contributed by atoms with E-state index in [1.165, 1.54) is 37.1 Å². The zero-order valence-electron chi connectivity index (χ0n) is 14.7. The van der Waals surface area contributed by atoms with Gasteiger partial charge in [-0.3, -0.25) is 4.79 Å². The summed E-state index contributed by atoms with van der Waals surface area (Å²) in [7, 11) is 0. The topological polar surface area (TPSA) is 93.5 Å². The molecule has 150 valence electrons. The first-order valence-corrected chi connectivity index (χ1v) is 8.62. The van der Waals surface area contributed by atoms with Crippen LogP contribution in [-0.2, 0) is 10.9 Å². The van der Waals surface area contributed by atoms with Crippen molar-refractivity contribution in [3.63, 3.8) is 0 Å². The van der Waals surface area contributed by atoms with E-state index in [0.717, 1.165) is 0 Å². The number of nitrogens with zero attached hydrogens (tertiary/aromatic N) is 2. The van der Waals surface area contributed by atoms with Crippen LogP contribution in [0.1, 0.15) is 39.3 Å². The van der Waals surface area contributed by atoms with Crippen molar-refractivity contribution in [3.05, 3.63) is 47.3 Å². The number of carbonyl (C=O) groups is 2. The van der Waals surface area contributed by atoms with Crippen LogP contribution in [0.2, 0.25) is 0 Å². The lowest BCUT2D eigenvalue weighted by molar-refractivity contribution is -0.143. The molecule has 1 fully saturated rings. The average Bonchev–Trinajstić information content (AvgIpc) is 3.34. The maximum Gasteiger partial charge on any atom is 0.434 e. The number of ether oxygens (including phenoxy) is 1. The summed E-state index contributed by atoms with van der Waals surface area (Å²) in [5, 5.41) is 15.1. The first-order valence-electron chi connectivity index (χ1n) is 8.62. The molecule has 0 unspecified atom stereocenters. The standard InChI is InChI=1S/C18H18F3N3O4/c19-18(20,21)15-14(17(26)27)9-23-24(15)13-5-3-12(4-6-13)16(25)22-7-8-28-10-11-1-2-11/h3-6,9,11H,1-2,7-8,10H2,(H,22,25)(H,26,27). The lowest BCUT2D eigenvalue weighted by Gasteiger charge is -2.12. The minimum atomic E-state index is -4.90. The number of carboxylic acids is 1. The molecule has 0 saturated heterocycles. The molecular weight excluding hydrogens is 379 g/mol. The molecule has 10 heteroatoms. The summed E-state index contributed by atoms with van der Waals surface area (Å²) in [6.07, 6.45) is -1.90. The Balaban J connectivity index is 1.67. The van der Waals surface area contributed by atoms with E-state index >= 15 is 0 Å². The van der Waals surface area contributed by atoms with Gasteiger partial charge in [0.2, 0.25) is 0 Å². The van der Waals surface area contributed by atoms with Gasteiger partial charge < -0.3 is 15.2 Å². The van der Waals surface area contributed by atoms with Gasteiger partial charge in [0.25, 0.3) is 5.91 Å². The fourth-order valence-electron chi connectivity index (χ4n) is 2.60. The molecule has 1 aliphatic carbocycles. The van der Waals surface area contributed by atoms with E-state index in [0.29, 0.717) is 36.6 Å². The summed E-state index contributed by atoms with van der Waals surface area (Å²) in [4.78, 5) is 23.1. The number of rotatable bonds is 8. The van der Waals surface area contributed by atoms with Crippen molar-refractivity contribution < 1.29 is 32.6 Å². The second-order valence-corrected chi connectivity index (χ2v) is 6.44. The second-order valence-electron chi connectivity index (χ2n) is 6.44. The molecule has 1 saturated carbocycles. The lowest BCUT2D eigenvalue weighted by atomic mass is 10.2. The summed E-state index contributed by atoms with van der Waals surface area (Å²) in [5.41, 5.74) is -2.08. The molecule has 0 spiro atoms. The van der Waals surface area contributed by atoms with Crippen LogP contribution in [0.25, 0.3) is 5.69 Å². The Kier molecular flexibility index (Phi) is 5.68. The number of carbonyl (C=O) groups excluding carboxylic acids is 1. The Bertz CT molecular complexity index is 858. The molecule has 1 aromatic heterocycles. The number of carboxylic acid groups (broad SMARTS) is 1. The summed E-state index contributed by atoms with van der Waals surface area (Å²) in [6, 6.07) is 5.23. The maximum absolute atomic E-state index is 13.3. The van der Waals surface area contributed by atoms with Gasteiger partial charge in [0.05, 0.1) is 18.5 Å². The Morgan fingerprint density at radius 1 is 1.25 bits per heavy atom. The van der Waals surface area contributed by atoms with Gasteiger partial charge in [-0.1, -0.05) is 0 Å². The summed E-state index contributed by atoms with van der Waals surface area (Å²) >= 11 is 0. The zero-order chi connectivity index (χ0) is 20.3. The number of benzene rings is 1. The van der Waals surface area contributed by atoms with Gasteiger partial charge in [0.1, 0.15) is 5.56 Å². The van der Waals surface area contributed by atoms with Crippen LogP contribution >= 0.6 is 0 Å². The minimum absolute atomic E-state index is 0.0101. The Morgan fingerprint density at radius 3 is 2.50 bits per heavy atom. The highest BCUT2D eigenvalue weighted by molar-refractivity contribution is 5.94. The summed E-state index contributed by atoms with van der Waals surface area (Å²) in [5.74, 6) is -1.48. The molecule has 3 rings (SSSR count). The predicted molar refractivity (Wildman–Crippen MR) is 91.4 cm³/mol. The van der Waals surface area contributed by atoms with Crippen LogP contribution in [0.4, 0.5) is 13.2 Å². The van der Waals surface area contributed by atoms with Crippen molar-refractivity contribution in [1.29, 1.82) is 0 Å². The lowest BCUT2D eigenvalue weighted by Crippen LogP contribution is -2.27. The molecule has 0 radical (unpaired) electrons. The van der Waals surface area contributed by atoms with Crippen molar-refractivity contribution in [2.45, 2.75) is 19.0 Å². The van der Waals surface area contributed by atoms with Crippen LogP contribution < -0.4 is 5.32 Å². The highest BCUT2D eigenvalue weighted by Gasteiger charge is 2.40. The number of halogens is 3. The second kappa shape index (κ2) is 8.01. The smallest absolute Gasteiger partial charge is 0.434 e. The fourth-order valence-corrected chi connectivity index (χ4v) is 2.60. The van der Waals surface area contributed by atoms with Crippen molar-refractivity contribution in [3.8, 4) is 5.69 Å². The minimum Gasteiger partial charge on any atom is -0.478 e. The molecule has 1 aliphatic rings. The van der Waals surface area contributed by atoms with Crippen LogP contribution in [-0.4, -0.2) is 46.5 Å². The molecule has 7 nitrogen and oxygen atoms in total. The third kappa shape index (κ3) is 4.69. The number of hydrogen-bond acceptors (Lipinski definition) is 4. The molecule has 0 bridgehead atoms. The van der Waals surface area contributed by atoms with Crippen molar-refractivity contribution in [2.24, 2.45) is 5.92 Å². The molecule has 28 heavy (non-hydrogen) atoms. The zero-order valence-corrected chi connectivity index (χ0v) is 14.7. The van der Waals surface area contributed by atoms with E-state index in [1.54, 1.807) is 0 Å². The van der Waals surface area contributed by atoms with Gasteiger partial charge in [-0.2, -0.15) is 18.3 Å². The predicted octanol–water partition coefficient (Wildman–Crippen LogP) is 2.75. The van der Waals surface area contributed by atoms with Gasteiger partial charge >= 0.3 is 12.1 Å². The molecule has 1 heterocycles. The monoisotopic (exact) mass is 397 g/mol. The third-order valence-corrected chi connectivity index (χ3v) is 4.22.